The van der Waals surface area contributed by atoms with E-state index < -0.39 is 23.5 Å². The van der Waals surface area contributed by atoms with Crippen molar-refractivity contribution in [3.63, 3.8) is 0 Å². The van der Waals surface area contributed by atoms with Crippen molar-refractivity contribution in [1.82, 2.24) is 0 Å². The van der Waals surface area contributed by atoms with Crippen LogP contribution >= 0.6 is 0 Å². The van der Waals surface area contributed by atoms with Crippen LogP contribution in [0.15, 0.2) is 60.7 Å². The normalized spacial score (nSPS) is 11.0. The standard InChI is InChI=1S/C22H12O6/c23-19(21(25)26)17-10-16-12-6-2-4-8-14(12)18(20(24)22(27)28)9-15(16)11-5-1-3-7-13(11)17/h1-10H,(H,25,26)(H,27,28). The third-order valence-corrected chi connectivity index (χ3v) is 4.76. The summed E-state index contributed by atoms with van der Waals surface area (Å²) in [7, 11) is 0. The van der Waals surface area contributed by atoms with E-state index in [-0.39, 0.29) is 11.1 Å². The lowest BCUT2D eigenvalue weighted by molar-refractivity contribution is -0.132. The van der Waals surface area contributed by atoms with Crippen LogP contribution in [-0.2, 0) is 9.59 Å². The van der Waals surface area contributed by atoms with Crippen LogP contribution in [0.4, 0.5) is 0 Å². The smallest absolute Gasteiger partial charge is 0.377 e. The molecule has 4 aromatic carbocycles. The van der Waals surface area contributed by atoms with Crippen molar-refractivity contribution < 1.29 is 29.4 Å². The van der Waals surface area contributed by atoms with Gasteiger partial charge in [-0.25, -0.2) is 9.59 Å². The summed E-state index contributed by atoms with van der Waals surface area (Å²) in [4.78, 5) is 47.1. The summed E-state index contributed by atoms with van der Waals surface area (Å²) in [6.45, 7) is 0. The van der Waals surface area contributed by atoms with Gasteiger partial charge in [-0.3, -0.25) is 9.59 Å². The molecular weight excluding hydrogens is 360 g/mol. The fourth-order valence-electron chi connectivity index (χ4n) is 3.56. The molecule has 0 heterocycles. The lowest BCUT2D eigenvalue weighted by Gasteiger charge is -2.13. The number of aliphatic carboxylic acids is 2. The molecule has 136 valence electrons. The van der Waals surface area contributed by atoms with Gasteiger partial charge in [-0.15, -0.1) is 0 Å². The second-order valence-corrected chi connectivity index (χ2v) is 6.30. The van der Waals surface area contributed by atoms with Crippen molar-refractivity contribution in [2.45, 2.75) is 0 Å². The fraction of sp³-hybridized carbons (Fsp3) is 0. The number of benzene rings is 4. The quantitative estimate of drug-likeness (QED) is 0.321. The number of rotatable bonds is 4. The van der Waals surface area contributed by atoms with E-state index in [0.29, 0.717) is 32.3 Å². The summed E-state index contributed by atoms with van der Waals surface area (Å²) < 4.78 is 0. The van der Waals surface area contributed by atoms with E-state index in [1.165, 1.54) is 12.1 Å². The molecule has 0 aromatic heterocycles. The van der Waals surface area contributed by atoms with Crippen LogP contribution in [0.3, 0.4) is 0 Å². The van der Waals surface area contributed by atoms with Crippen LogP contribution in [-0.4, -0.2) is 33.7 Å². The van der Waals surface area contributed by atoms with Crippen LogP contribution < -0.4 is 0 Å². The van der Waals surface area contributed by atoms with Gasteiger partial charge in [0, 0.05) is 11.1 Å². The molecule has 0 atom stereocenters. The minimum absolute atomic E-state index is 0.0399. The maximum absolute atomic E-state index is 12.3. The molecule has 0 bridgehead atoms. The third kappa shape index (κ3) is 2.51. The first-order chi connectivity index (χ1) is 13.4. The minimum atomic E-state index is -1.56. The van der Waals surface area contributed by atoms with Gasteiger partial charge >= 0.3 is 11.9 Å². The van der Waals surface area contributed by atoms with E-state index >= 15 is 0 Å². The van der Waals surface area contributed by atoms with Crippen molar-refractivity contribution in [2.75, 3.05) is 0 Å². The zero-order chi connectivity index (χ0) is 20.0. The first kappa shape index (κ1) is 17.4. The molecule has 4 aromatic rings. The molecule has 0 saturated carbocycles. The van der Waals surface area contributed by atoms with Gasteiger partial charge in [0.15, 0.2) is 0 Å². The third-order valence-electron chi connectivity index (χ3n) is 4.76. The number of carbonyl (C=O) groups excluding carboxylic acids is 2. The first-order valence-corrected chi connectivity index (χ1v) is 8.32. The number of carboxylic acid groups (broad SMARTS) is 2. The largest absolute Gasteiger partial charge is 0.475 e. The van der Waals surface area contributed by atoms with Gasteiger partial charge in [-0.1, -0.05) is 48.5 Å². The van der Waals surface area contributed by atoms with E-state index in [9.17, 15) is 29.4 Å². The summed E-state index contributed by atoms with van der Waals surface area (Å²) in [5.74, 6) is -5.20. The number of carbonyl (C=O) groups is 4. The average molecular weight is 372 g/mol. The number of ketones is 2. The summed E-state index contributed by atoms with van der Waals surface area (Å²) in [5, 5.41) is 21.5. The number of hydrogen-bond acceptors (Lipinski definition) is 4. The topological polar surface area (TPSA) is 109 Å². The lowest BCUT2D eigenvalue weighted by atomic mass is 9.89. The van der Waals surface area contributed by atoms with Gasteiger partial charge in [0.2, 0.25) is 0 Å². The van der Waals surface area contributed by atoms with Crippen molar-refractivity contribution >= 4 is 55.8 Å². The van der Waals surface area contributed by atoms with Crippen LogP contribution in [0.25, 0.3) is 32.3 Å². The number of carboxylic acids is 2. The SMILES string of the molecule is O=C(O)C(=O)c1cc2c3ccccc3c(C(=O)C(=O)O)cc2c2ccccc12. The molecule has 0 radical (unpaired) electrons. The number of hydrogen-bond donors (Lipinski definition) is 2. The minimum Gasteiger partial charge on any atom is -0.475 e. The molecule has 0 saturated heterocycles. The molecular formula is C22H12O6. The highest BCUT2D eigenvalue weighted by Gasteiger charge is 2.23. The van der Waals surface area contributed by atoms with E-state index in [2.05, 4.69) is 0 Å². The Balaban J connectivity index is 2.26. The number of fused-ring (bicyclic) bond motifs is 5. The molecule has 2 N–H and O–H groups in total. The zero-order valence-electron chi connectivity index (χ0n) is 14.3. The molecule has 4 rings (SSSR count). The molecule has 0 aliphatic carbocycles. The molecule has 0 aliphatic heterocycles. The zero-order valence-corrected chi connectivity index (χ0v) is 14.3. The van der Waals surface area contributed by atoms with Gasteiger partial charge in [0.05, 0.1) is 0 Å². The van der Waals surface area contributed by atoms with Gasteiger partial charge in [-0.2, -0.15) is 0 Å². The molecule has 0 aliphatic rings. The van der Waals surface area contributed by atoms with Gasteiger partial charge < -0.3 is 10.2 Å². The van der Waals surface area contributed by atoms with E-state index in [1.54, 1.807) is 48.5 Å². The van der Waals surface area contributed by atoms with E-state index in [4.69, 9.17) is 0 Å². The van der Waals surface area contributed by atoms with Crippen molar-refractivity contribution in [3.05, 3.63) is 71.8 Å². The van der Waals surface area contributed by atoms with Crippen LogP contribution in [0.1, 0.15) is 20.7 Å². The Hall–Kier alpha value is -4.06. The van der Waals surface area contributed by atoms with Crippen molar-refractivity contribution in [1.29, 1.82) is 0 Å². The lowest BCUT2D eigenvalue weighted by Crippen LogP contribution is -2.14. The van der Waals surface area contributed by atoms with Crippen LogP contribution in [0, 0.1) is 0 Å². The second-order valence-electron chi connectivity index (χ2n) is 6.30. The molecule has 28 heavy (non-hydrogen) atoms. The Morgan fingerprint density at radius 3 is 1.14 bits per heavy atom. The molecule has 6 heteroatoms. The Morgan fingerprint density at radius 2 is 0.821 bits per heavy atom. The van der Waals surface area contributed by atoms with Gasteiger partial charge in [0.25, 0.3) is 11.6 Å². The van der Waals surface area contributed by atoms with Crippen LogP contribution in [0.2, 0.25) is 0 Å². The highest BCUT2D eigenvalue weighted by molar-refractivity contribution is 6.45. The Bertz CT molecular complexity index is 1240. The Morgan fingerprint density at radius 1 is 0.500 bits per heavy atom. The number of Topliss-reactive ketones (excluding diaryl/α,β-unsaturated/α-hetero) is 2. The highest BCUT2D eigenvalue weighted by atomic mass is 16.4. The highest BCUT2D eigenvalue weighted by Crippen LogP contribution is 2.36. The van der Waals surface area contributed by atoms with Gasteiger partial charge in [-0.05, 0) is 44.5 Å². The van der Waals surface area contributed by atoms with E-state index in [0.717, 1.165) is 0 Å². The maximum Gasteiger partial charge on any atom is 0.377 e. The summed E-state index contributed by atoms with van der Waals surface area (Å²) >= 11 is 0. The van der Waals surface area contributed by atoms with Crippen molar-refractivity contribution in [3.8, 4) is 0 Å². The second kappa shape index (κ2) is 6.28. The maximum atomic E-state index is 12.3. The Kier molecular flexibility index (Phi) is 3.89. The van der Waals surface area contributed by atoms with Gasteiger partial charge in [0.1, 0.15) is 0 Å². The first-order valence-electron chi connectivity index (χ1n) is 8.32. The van der Waals surface area contributed by atoms with Crippen LogP contribution in [0.5, 0.6) is 0 Å². The molecule has 0 amide bonds. The predicted octanol–water partition coefficient (Wildman–Crippen LogP) is 3.68. The Labute approximate surface area is 157 Å². The fourth-order valence-corrected chi connectivity index (χ4v) is 3.56. The molecule has 0 spiro atoms. The summed E-state index contributed by atoms with van der Waals surface area (Å²) in [6, 6.07) is 16.5. The molecule has 6 nitrogen and oxygen atoms in total. The summed E-state index contributed by atoms with van der Waals surface area (Å²) in [6.07, 6.45) is 0. The monoisotopic (exact) mass is 372 g/mol. The van der Waals surface area contributed by atoms with E-state index in [1.807, 2.05) is 0 Å². The molecule has 0 unspecified atom stereocenters. The molecule has 0 fully saturated rings. The summed E-state index contributed by atoms with van der Waals surface area (Å²) in [5.41, 5.74) is 0.0797. The average Bonchev–Trinajstić information content (AvgIpc) is 2.71. The van der Waals surface area contributed by atoms with Crippen molar-refractivity contribution in [2.24, 2.45) is 0 Å². The predicted molar refractivity (Wildman–Crippen MR) is 103 cm³/mol.